The van der Waals surface area contributed by atoms with Crippen LogP contribution in [-0.4, -0.2) is 30.4 Å². The second kappa shape index (κ2) is 7.14. The molecule has 0 aromatic heterocycles. The molecule has 3 rings (SSSR count). The predicted octanol–water partition coefficient (Wildman–Crippen LogP) is 3.53. The van der Waals surface area contributed by atoms with E-state index in [1.165, 1.54) is 10.0 Å². The predicted molar refractivity (Wildman–Crippen MR) is 92.6 cm³/mol. The van der Waals surface area contributed by atoms with E-state index in [1.807, 2.05) is 0 Å². The Hall–Kier alpha value is -0.870. The van der Waals surface area contributed by atoms with Gasteiger partial charge in [0, 0.05) is 24.0 Å². The summed E-state index contributed by atoms with van der Waals surface area (Å²) in [5.74, 6) is 2.18. The summed E-state index contributed by atoms with van der Waals surface area (Å²) in [5, 5.41) is 0. The number of nitrogens with zero attached hydrogens (tertiary/aromatic N) is 1. The summed E-state index contributed by atoms with van der Waals surface area (Å²) in [5.41, 5.74) is 7.04. The van der Waals surface area contributed by atoms with Gasteiger partial charge in [0.2, 0.25) is 5.91 Å². The molecule has 0 spiro atoms. The first-order chi connectivity index (χ1) is 10.7. The number of hydrogen-bond acceptors (Lipinski definition) is 2. The molecule has 2 N–H and O–H groups in total. The maximum atomic E-state index is 12.4. The van der Waals surface area contributed by atoms with E-state index in [4.69, 9.17) is 5.73 Å². The molecule has 1 heterocycles. The van der Waals surface area contributed by atoms with Gasteiger partial charge in [-0.05, 0) is 61.6 Å². The van der Waals surface area contributed by atoms with Gasteiger partial charge in [0.25, 0.3) is 0 Å². The van der Waals surface area contributed by atoms with Crippen molar-refractivity contribution in [3.05, 3.63) is 34.3 Å². The third-order valence-corrected chi connectivity index (χ3v) is 6.04. The number of halogens is 1. The van der Waals surface area contributed by atoms with Crippen molar-refractivity contribution in [2.75, 3.05) is 19.6 Å². The van der Waals surface area contributed by atoms with Gasteiger partial charge in [-0.2, -0.15) is 0 Å². The molecule has 120 valence electrons. The number of nitrogens with two attached hydrogens (primary N) is 1. The number of carbonyl (C=O) groups excluding carboxylic acids is 1. The van der Waals surface area contributed by atoms with Crippen LogP contribution in [-0.2, 0) is 4.79 Å². The minimum atomic E-state index is 0.353. The maximum Gasteiger partial charge on any atom is 0.222 e. The fourth-order valence-electron chi connectivity index (χ4n) is 3.86. The van der Waals surface area contributed by atoms with Gasteiger partial charge in [-0.25, -0.2) is 0 Å². The summed E-state index contributed by atoms with van der Waals surface area (Å²) in [6, 6.07) is 8.46. The van der Waals surface area contributed by atoms with E-state index in [-0.39, 0.29) is 0 Å². The summed E-state index contributed by atoms with van der Waals surface area (Å²) < 4.78 is 1.20. The molecule has 1 aromatic carbocycles. The molecular formula is C18H25BrN2O. The van der Waals surface area contributed by atoms with E-state index >= 15 is 0 Å². The highest BCUT2D eigenvalue weighted by atomic mass is 79.9. The molecule has 1 aliphatic heterocycles. The van der Waals surface area contributed by atoms with Gasteiger partial charge in [-0.3, -0.25) is 4.79 Å². The van der Waals surface area contributed by atoms with Crippen LogP contribution < -0.4 is 5.73 Å². The van der Waals surface area contributed by atoms with Crippen molar-refractivity contribution in [1.29, 1.82) is 0 Å². The van der Waals surface area contributed by atoms with Gasteiger partial charge in [0.15, 0.2) is 0 Å². The quantitative estimate of drug-likeness (QED) is 0.887. The molecule has 0 radical (unpaired) electrons. The molecule has 4 heteroatoms. The van der Waals surface area contributed by atoms with E-state index in [0.29, 0.717) is 23.7 Å². The molecule has 0 atom stereocenters. The molecular weight excluding hydrogens is 340 g/mol. The van der Waals surface area contributed by atoms with Crippen LogP contribution in [0.15, 0.2) is 28.7 Å². The van der Waals surface area contributed by atoms with E-state index in [2.05, 4.69) is 45.1 Å². The van der Waals surface area contributed by atoms with Crippen LogP contribution >= 0.6 is 15.9 Å². The second-order valence-electron chi connectivity index (χ2n) is 6.82. The number of hydrogen-bond donors (Lipinski definition) is 1. The lowest BCUT2D eigenvalue weighted by Gasteiger charge is -2.37. The molecule has 1 saturated carbocycles. The number of benzene rings is 1. The minimum absolute atomic E-state index is 0.353. The molecule has 1 aromatic rings. The molecule has 0 bridgehead atoms. The standard InChI is InChI=1S/C18H25BrN2O/c19-17-4-2-1-3-16(17)15-5-7-21(8-6-15)18(22)11-13-9-14(10-13)12-20/h1-4,13-15H,5-12,20H2. The zero-order valence-corrected chi connectivity index (χ0v) is 14.6. The lowest BCUT2D eigenvalue weighted by atomic mass is 9.73. The Morgan fingerprint density at radius 2 is 1.86 bits per heavy atom. The smallest absolute Gasteiger partial charge is 0.222 e. The number of rotatable bonds is 4. The zero-order valence-electron chi connectivity index (χ0n) is 13.0. The van der Waals surface area contributed by atoms with Crippen molar-refractivity contribution in [3.8, 4) is 0 Å². The van der Waals surface area contributed by atoms with E-state index < -0.39 is 0 Å². The van der Waals surface area contributed by atoms with Crippen LogP contribution in [0.1, 0.15) is 43.6 Å². The van der Waals surface area contributed by atoms with Gasteiger partial charge in [0.1, 0.15) is 0 Å². The van der Waals surface area contributed by atoms with Crippen LogP contribution in [0.25, 0.3) is 0 Å². The third kappa shape index (κ3) is 3.54. The Morgan fingerprint density at radius 3 is 2.50 bits per heavy atom. The van der Waals surface area contributed by atoms with Crippen LogP contribution in [0.3, 0.4) is 0 Å². The van der Waals surface area contributed by atoms with Gasteiger partial charge in [-0.15, -0.1) is 0 Å². The van der Waals surface area contributed by atoms with Crippen LogP contribution in [0.4, 0.5) is 0 Å². The molecule has 0 unspecified atom stereocenters. The van der Waals surface area contributed by atoms with Crippen molar-refractivity contribution >= 4 is 21.8 Å². The number of piperidine rings is 1. The van der Waals surface area contributed by atoms with Crippen molar-refractivity contribution in [2.24, 2.45) is 17.6 Å². The Balaban J connectivity index is 1.47. The number of carbonyl (C=O) groups is 1. The number of likely N-dealkylation sites (tertiary alicyclic amines) is 1. The highest BCUT2D eigenvalue weighted by Gasteiger charge is 2.32. The molecule has 22 heavy (non-hydrogen) atoms. The Bertz CT molecular complexity index is 520. The average molecular weight is 365 g/mol. The number of amides is 1. The fraction of sp³-hybridized carbons (Fsp3) is 0.611. The first kappa shape index (κ1) is 16.0. The molecule has 1 amide bonds. The van der Waals surface area contributed by atoms with Gasteiger partial charge >= 0.3 is 0 Å². The summed E-state index contributed by atoms with van der Waals surface area (Å²) >= 11 is 3.65. The molecule has 3 nitrogen and oxygen atoms in total. The Morgan fingerprint density at radius 1 is 1.18 bits per heavy atom. The van der Waals surface area contributed by atoms with Crippen LogP contribution in [0.2, 0.25) is 0 Å². The highest BCUT2D eigenvalue weighted by molar-refractivity contribution is 9.10. The molecule has 1 aliphatic carbocycles. The summed E-state index contributed by atoms with van der Waals surface area (Å²) in [4.78, 5) is 14.5. The van der Waals surface area contributed by atoms with Gasteiger partial charge < -0.3 is 10.6 Å². The fourth-order valence-corrected chi connectivity index (χ4v) is 4.46. The average Bonchev–Trinajstić information content (AvgIpc) is 2.51. The highest BCUT2D eigenvalue weighted by Crippen LogP contribution is 2.37. The monoisotopic (exact) mass is 364 g/mol. The van der Waals surface area contributed by atoms with Crippen molar-refractivity contribution in [3.63, 3.8) is 0 Å². The Labute approximate surface area is 141 Å². The van der Waals surface area contributed by atoms with Crippen molar-refractivity contribution in [2.45, 2.75) is 38.0 Å². The second-order valence-corrected chi connectivity index (χ2v) is 7.67. The lowest BCUT2D eigenvalue weighted by molar-refractivity contribution is -0.134. The molecule has 1 saturated heterocycles. The largest absolute Gasteiger partial charge is 0.343 e. The van der Waals surface area contributed by atoms with Gasteiger partial charge in [0.05, 0.1) is 0 Å². The van der Waals surface area contributed by atoms with Crippen LogP contribution in [0.5, 0.6) is 0 Å². The zero-order chi connectivity index (χ0) is 15.5. The third-order valence-electron chi connectivity index (χ3n) is 5.32. The summed E-state index contributed by atoms with van der Waals surface area (Å²) in [6.07, 6.45) is 5.18. The topological polar surface area (TPSA) is 46.3 Å². The van der Waals surface area contributed by atoms with Gasteiger partial charge in [-0.1, -0.05) is 34.1 Å². The van der Waals surface area contributed by atoms with Crippen LogP contribution in [0, 0.1) is 11.8 Å². The van der Waals surface area contributed by atoms with E-state index in [9.17, 15) is 4.79 Å². The minimum Gasteiger partial charge on any atom is -0.343 e. The van der Waals surface area contributed by atoms with Crippen molar-refractivity contribution in [1.82, 2.24) is 4.90 Å². The summed E-state index contributed by atoms with van der Waals surface area (Å²) in [7, 11) is 0. The normalized spacial score (nSPS) is 25.8. The first-order valence-electron chi connectivity index (χ1n) is 8.39. The molecule has 2 aliphatic rings. The maximum absolute atomic E-state index is 12.4. The first-order valence-corrected chi connectivity index (χ1v) is 9.19. The summed E-state index contributed by atoms with van der Waals surface area (Å²) in [6.45, 7) is 2.58. The van der Waals surface area contributed by atoms with Crippen molar-refractivity contribution < 1.29 is 4.79 Å². The van der Waals surface area contributed by atoms with E-state index in [1.54, 1.807) is 0 Å². The lowest BCUT2D eigenvalue weighted by Crippen LogP contribution is -2.40. The SMILES string of the molecule is NCC1CC(CC(=O)N2CCC(c3ccccc3Br)CC2)C1. The molecule has 2 fully saturated rings. The van der Waals surface area contributed by atoms with E-state index in [0.717, 1.165) is 51.7 Å². The Kier molecular flexibility index (Phi) is 5.19.